The number of hydrogen-bond donors (Lipinski definition) is 1. The van der Waals surface area contributed by atoms with Crippen LogP contribution in [0.3, 0.4) is 0 Å². The maximum atomic E-state index is 13.7. The van der Waals surface area contributed by atoms with Crippen LogP contribution < -0.4 is 5.32 Å². The molecule has 2 atom stereocenters. The molecule has 1 nitrogen and oxygen atoms in total. The Labute approximate surface area is 118 Å². The lowest BCUT2D eigenvalue weighted by Gasteiger charge is -2.21. The van der Waals surface area contributed by atoms with Crippen molar-refractivity contribution in [1.82, 2.24) is 5.32 Å². The molecule has 0 aliphatic carbocycles. The normalized spacial score (nSPS) is 14.0. The third kappa shape index (κ3) is 3.64. The predicted octanol–water partition coefficient (Wildman–Crippen LogP) is 4.25. The van der Waals surface area contributed by atoms with E-state index < -0.39 is 11.6 Å². The van der Waals surface area contributed by atoms with Crippen LogP contribution in [0.25, 0.3) is 0 Å². The largest absolute Gasteiger partial charge is 0.307 e. The zero-order valence-corrected chi connectivity index (χ0v) is 11.7. The molecule has 0 aliphatic heterocycles. The van der Waals surface area contributed by atoms with Crippen molar-refractivity contribution >= 4 is 0 Å². The summed E-state index contributed by atoms with van der Waals surface area (Å²) < 4.78 is 26.9. The minimum absolute atomic E-state index is 0.176. The highest BCUT2D eigenvalue weighted by Crippen LogP contribution is 2.19. The van der Waals surface area contributed by atoms with Crippen molar-refractivity contribution in [2.24, 2.45) is 0 Å². The van der Waals surface area contributed by atoms with Crippen LogP contribution in [0.1, 0.15) is 31.0 Å². The van der Waals surface area contributed by atoms with E-state index in [1.54, 1.807) is 6.07 Å². The Bertz CT molecular complexity index is 554. The third-order valence-corrected chi connectivity index (χ3v) is 3.37. The molecule has 2 aromatic carbocycles. The van der Waals surface area contributed by atoms with Gasteiger partial charge in [0.1, 0.15) is 0 Å². The lowest BCUT2D eigenvalue weighted by molar-refractivity contribution is 0.441. The van der Waals surface area contributed by atoms with E-state index >= 15 is 0 Å². The lowest BCUT2D eigenvalue weighted by Crippen LogP contribution is -2.31. The molecule has 0 aliphatic rings. The summed E-state index contributed by atoms with van der Waals surface area (Å²) >= 11 is 0. The number of hydrogen-bond acceptors (Lipinski definition) is 1. The fraction of sp³-hybridized carbons (Fsp3) is 0.294. The van der Waals surface area contributed by atoms with Gasteiger partial charge in [-0.15, -0.1) is 0 Å². The summed E-state index contributed by atoms with van der Waals surface area (Å²) in [6.07, 6.45) is 0.849. The highest BCUT2D eigenvalue weighted by Gasteiger charge is 2.16. The summed E-state index contributed by atoms with van der Waals surface area (Å²) in [6.45, 7) is 3.89. The second-order valence-electron chi connectivity index (χ2n) is 5.12. The van der Waals surface area contributed by atoms with Gasteiger partial charge in [-0.3, -0.25) is 0 Å². The van der Waals surface area contributed by atoms with Crippen LogP contribution in [-0.4, -0.2) is 6.04 Å². The Kier molecular flexibility index (Phi) is 4.85. The molecule has 0 spiro atoms. The molecule has 106 valence electrons. The van der Waals surface area contributed by atoms with Crippen molar-refractivity contribution in [2.45, 2.75) is 32.4 Å². The van der Waals surface area contributed by atoms with Crippen molar-refractivity contribution in [3.63, 3.8) is 0 Å². The summed E-state index contributed by atoms with van der Waals surface area (Å²) in [4.78, 5) is 0. The SMILES string of the molecule is CC(Cc1ccccc1)NC(C)c1cccc(F)c1F. The van der Waals surface area contributed by atoms with Crippen LogP contribution in [0.15, 0.2) is 48.5 Å². The highest BCUT2D eigenvalue weighted by molar-refractivity contribution is 5.22. The lowest BCUT2D eigenvalue weighted by atomic mass is 10.0. The molecule has 0 bridgehead atoms. The second kappa shape index (κ2) is 6.62. The highest BCUT2D eigenvalue weighted by atomic mass is 19.2. The van der Waals surface area contributed by atoms with Crippen molar-refractivity contribution < 1.29 is 8.78 Å². The van der Waals surface area contributed by atoms with E-state index in [0.29, 0.717) is 5.56 Å². The fourth-order valence-corrected chi connectivity index (χ4v) is 2.40. The first-order valence-electron chi connectivity index (χ1n) is 6.82. The van der Waals surface area contributed by atoms with Crippen molar-refractivity contribution in [1.29, 1.82) is 0 Å². The maximum absolute atomic E-state index is 13.7. The van der Waals surface area contributed by atoms with Gasteiger partial charge in [-0.25, -0.2) is 8.78 Å². The van der Waals surface area contributed by atoms with Crippen molar-refractivity contribution in [2.75, 3.05) is 0 Å². The van der Waals surface area contributed by atoms with Crippen molar-refractivity contribution in [3.05, 3.63) is 71.3 Å². The number of nitrogens with one attached hydrogen (secondary N) is 1. The molecule has 0 fully saturated rings. The Balaban J connectivity index is 2.00. The van der Waals surface area contributed by atoms with E-state index in [4.69, 9.17) is 0 Å². The average molecular weight is 275 g/mol. The minimum Gasteiger partial charge on any atom is -0.307 e. The Morgan fingerprint density at radius 2 is 1.65 bits per heavy atom. The van der Waals surface area contributed by atoms with Crippen LogP contribution in [0.5, 0.6) is 0 Å². The number of halogens is 2. The molecule has 0 aromatic heterocycles. The van der Waals surface area contributed by atoms with E-state index in [9.17, 15) is 8.78 Å². The van der Waals surface area contributed by atoms with Gasteiger partial charge in [-0.1, -0.05) is 42.5 Å². The van der Waals surface area contributed by atoms with Gasteiger partial charge in [0.25, 0.3) is 0 Å². The number of benzene rings is 2. The van der Waals surface area contributed by atoms with Gasteiger partial charge in [0, 0.05) is 17.6 Å². The van der Waals surface area contributed by atoms with Gasteiger partial charge >= 0.3 is 0 Å². The Morgan fingerprint density at radius 3 is 2.35 bits per heavy atom. The fourth-order valence-electron chi connectivity index (χ4n) is 2.40. The minimum atomic E-state index is -0.799. The van der Waals surface area contributed by atoms with Gasteiger partial charge in [0.2, 0.25) is 0 Å². The summed E-state index contributed by atoms with van der Waals surface area (Å²) in [5.74, 6) is -1.56. The summed E-state index contributed by atoms with van der Waals surface area (Å²) in [5, 5.41) is 3.31. The van der Waals surface area contributed by atoms with E-state index in [1.165, 1.54) is 11.6 Å². The van der Waals surface area contributed by atoms with Gasteiger partial charge < -0.3 is 5.32 Å². The molecule has 0 saturated heterocycles. The maximum Gasteiger partial charge on any atom is 0.163 e. The molecule has 1 N–H and O–H groups in total. The number of rotatable bonds is 5. The Hall–Kier alpha value is -1.74. The van der Waals surface area contributed by atoms with Gasteiger partial charge in [-0.2, -0.15) is 0 Å². The van der Waals surface area contributed by atoms with Crippen LogP contribution in [0.2, 0.25) is 0 Å². The summed E-state index contributed by atoms with van der Waals surface area (Å²) in [7, 11) is 0. The summed E-state index contributed by atoms with van der Waals surface area (Å²) in [6, 6.07) is 14.3. The van der Waals surface area contributed by atoms with Gasteiger partial charge in [-0.05, 0) is 31.9 Å². The molecule has 0 amide bonds. The Morgan fingerprint density at radius 1 is 0.950 bits per heavy atom. The zero-order chi connectivity index (χ0) is 14.5. The predicted molar refractivity (Wildman–Crippen MR) is 77.5 cm³/mol. The smallest absolute Gasteiger partial charge is 0.163 e. The van der Waals surface area contributed by atoms with E-state index in [-0.39, 0.29) is 12.1 Å². The molecule has 2 rings (SSSR count). The quantitative estimate of drug-likeness (QED) is 0.860. The molecular weight excluding hydrogens is 256 g/mol. The molecule has 2 unspecified atom stereocenters. The molecule has 20 heavy (non-hydrogen) atoms. The monoisotopic (exact) mass is 275 g/mol. The van der Waals surface area contributed by atoms with Crippen LogP contribution in [0.4, 0.5) is 8.78 Å². The van der Waals surface area contributed by atoms with Crippen LogP contribution in [-0.2, 0) is 6.42 Å². The first-order valence-corrected chi connectivity index (χ1v) is 6.82. The standard InChI is InChI=1S/C17H19F2N/c1-12(11-14-7-4-3-5-8-14)20-13(2)15-9-6-10-16(18)17(15)19/h3-10,12-13,20H,11H2,1-2H3. The molecule has 2 aromatic rings. The molecule has 3 heteroatoms. The van der Waals surface area contributed by atoms with Crippen LogP contribution in [0, 0.1) is 11.6 Å². The molecule has 0 heterocycles. The van der Waals surface area contributed by atoms with E-state index in [1.807, 2.05) is 32.0 Å². The zero-order valence-electron chi connectivity index (χ0n) is 11.7. The molecule has 0 radical (unpaired) electrons. The topological polar surface area (TPSA) is 12.0 Å². The van der Waals surface area contributed by atoms with E-state index in [0.717, 1.165) is 12.5 Å². The first-order chi connectivity index (χ1) is 9.58. The first kappa shape index (κ1) is 14.7. The summed E-state index contributed by atoms with van der Waals surface area (Å²) in [5.41, 5.74) is 1.59. The van der Waals surface area contributed by atoms with Crippen LogP contribution >= 0.6 is 0 Å². The third-order valence-electron chi connectivity index (χ3n) is 3.37. The molecule has 0 saturated carbocycles. The molecular formula is C17H19F2N. The van der Waals surface area contributed by atoms with Gasteiger partial charge in [0.05, 0.1) is 0 Å². The average Bonchev–Trinajstić information content (AvgIpc) is 2.42. The van der Waals surface area contributed by atoms with Gasteiger partial charge in [0.15, 0.2) is 11.6 Å². The second-order valence-corrected chi connectivity index (χ2v) is 5.12. The van der Waals surface area contributed by atoms with E-state index in [2.05, 4.69) is 17.4 Å². The van der Waals surface area contributed by atoms with Crippen molar-refractivity contribution in [3.8, 4) is 0 Å².